The molecule has 0 bridgehead atoms. The van der Waals surface area contributed by atoms with Gasteiger partial charge in [0.15, 0.2) is 5.84 Å². The zero-order chi connectivity index (χ0) is 20.3. The van der Waals surface area contributed by atoms with Crippen molar-refractivity contribution in [2.24, 2.45) is 4.40 Å². The molecular formula is C21H19ClN2O3S. The van der Waals surface area contributed by atoms with Crippen molar-refractivity contribution in [1.82, 2.24) is 0 Å². The van der Waals surface area contributed by atoms with Crippen LogP contribution in [0.5, 0.6) is 5.75 Å². The highest BCUT2D eigenvalue weighted by Crippen LogP contribution is 2.26. The quantitative estimate of drug-likeness (QED) is 0.361. The van der Waals surface area contributed by atoms with Crippen molar-refractivity contribution in [3.63, 3.8) is 0 Å². The lowest BCUT2D eigenvalue weighted by Crippen LogP contribution is -2.17. The Hall–Kier alpha value is -2.83. The summed E-state index contributed by atoms with van der Waals surface area (Å²) in [5.74, 6) is 0.360. The number of amidine groups is 1. The van der Waals surface area contributed by atoms with Crippen LogP contribution in [0, 0.1) is 13.8 Å². The van der Waals surface area contributed by atoms with Crippen LogP contribution in [-0.2, 0) is 10.0 Å². The van der Waals surface area contributed by atoms with Crippen molar-refractivity contribution in [1.29, 1.82) is 0 Å². The molecule has 0 aromatic heterocycles. The fraction of sp³-hybridized carbons (Fsp3) is 0.0952. The van der Waals surface area contributed by atoms with Gasteiger partial charge in [-0.3, -0.25) is 0 Å². The van der Waals surface area contributed by atoms with Crippen LogP contribution in [-0.4, -0.2) is 19.4 Å². The van der Waals surface area contributed by atoms with Crippen molar-refractivity contribution in [2.75, 3.05) is 5.32 Å². The normalized spacial score (nSPS) is 12.0. The van der Waals surface area contributed by atoms with E-state index < -0.39 is 10.0 Å². The van der Waals surface area contributed by atoms with Gasteiger partial charge in [0.05, 0.1) is 4.90 Å². The summed E-state index contributed by atoms with van der Waals surface area (Å²) in [5, 5.41) is 13.4. The van der Waals surface area contributed by atoms with Gasteiger partial charge in [-0.15, -0.1) is 4.40 Å². The standard InChI is InChI=1S/C21H19ClN2O3S/c1-14-13-20(25)15(2)12-19(14)23-21(16-6-4-3-5-7-16)24-28(26,27)18-10-8-17(22)9-11-18/h3-13,25H,1-2H3,(H,23,24). The minimum atomic E-state index is -3.96. The van der Waals surface area contributed by atoms with Crippen LogP contribution in [0.3, 0.4) is 0 Å². The Kier molecular flexibility index (Phi) is 5.72. The van der Waals surface area contributed by atoms with Crippen LogP contribution in [0.1, 0.15) is 16.7 Å². The molecule has 0 heterocycles. The number of halogens is 1. The number of phenolic OH excluding ortho intramolecular Hbond substituents is 1. The van der Waals surface area contributed by atoms with Crippen LogP contribution in [0.15, 0.2) is 76.0 Å². The predicted octanol–water partition coefficient (Wildman–Crippen LogP) is 4.91. The second-order valence-electron chi connectivity index (χ2n) is 6.31. The lowest BCUT2D eigenvalue weighted by molar-refractivity contribution is 0.471. The van der Waals surface area contributed by atoms with Crippen molar-refractivity contribution in [2.45, 2.75) is 18.7 Å². The largest absolute Gasteiger partial charge is 0.508 e. The maximum Gasteiger partial charge on any atom is 0.284 e. The summed E-state index contributed by atoms with van der Waals surface area (Å²) in [6.07, 6.45) is 0. The first-order valence-corrected chi connectivity index (χ1v) is 10.3. The third kappa shape index (κ3) is 4.52. The van der Waals surface area contributed by atoms with E-state index in [2.05, 4.69) is 9.71 Å². The number of nitrogens with one attached hydrogen (secondary N) is 1. The average molecular weight is 415 g/mol. The summed E-state index contributed by atoms with van der Waals surface area (Å²) in [5.41, 5.74) is 2.70. The Morgan fingerprint density at radius 3 is 2.25 bits per heavy atom. The zero-order valence-electron chi connectivity index (χ0n) is 15.3. The molecule has 3 aromatic rings. The third-order valence-corrected chi connectivity index (χ3v) is 5.71. The fourth-order valence-electron chi connectivity index (χ4n) is 2.59. The molecule has 0 amide bonds. The lowest BCUT2D eigenvalue weighted by atomic mass is 10.1. The number of anilines is 1. The second-order valence-corrected chi connectivity index (χ2v) is 8.35. The Morgan fingerprint density at radius 2 is 1.61 bits per heavy atom. The minimum Gasteiger partial charge on any atom is -0.508 e. The molecule has 7 heteroatoms. The van der Waals surface area contributed by atoms with E-state index in [-0.39, 0.29) is 16.5 Å². The topological polar surface area (TPSA) is 78.8 Å². The molecule has 3 rings (SSSR count). The third-order valence-electron chi connectivity index (χ3n) is 4.17. The van der Waals surface area contributed by atoms with Gasteiger partial charge in [0, 0.05) is 16.3 Å². The number of rotatable bonds is 4. The van der Waals surface area contributed by atoms with Gasteiger partial charge in [-0.2, -0.15) is 8.42 Å². The SMILES string of the molecule is Cc1cc(NC(=NS(=O)(=O)c2ccc(Cl)cc2)c2ccccc2)c(C)cc1O. The molecule has 0 aliphatic carbocycles. The molecule has 28 heavy (non-hydrogen) atoms. The van der Waals surface area contributed by atoms with Gasteiger partial charge in [-0.25, -0.2) is 0 Å². The van der Waals surface area contributed by atoms with E-state index >= 15 is 0 Å². The molecule has 3 aromatic carbocycles. The van der Waals surface area contributed by atoms with E-state index in [1.54, 1.807) is 43.3 Å². The van der Waals surface area contributed by atoms with Gasteiger partial charge in [0.2, 0.25) is 0 Å². The van der Waals surface area contributed by atoms with E-state index in [9.17, 15) is 13.5 Å². The first-order valence-electron chi connectivity index (χ1n) is 8.49. The van der Waals surface area contributed by atoms with Gasteiger partial charge < -0.3 is 10.4 Å². The monoisotopic (exact) mass is 414 g/mol. The van der Waals surface area contributed by atoms with Gasteiger partial charge in [-0.05, 0) is 61.4 Å². The summed E-state index contributed by atoms with van der Waals surface area (Å²) >= 11 is 5.85. The summed E-state index contributed by atoms with van der Waals surface area (Å²) in [6, 6.07) is 18.2. The molecule has 0 aliphatic heterocycles. The first kappa shape index (κ1) is 19.9. The molecule has 0 saturated carbocycles. The van der Waals surface area contributed by atoms with Crippen LogP contribution >= 0.6 is 11.6 Å². The zero-order valence-corrected chi connectivity index (χ0v) is 16.9. The maximum absolute atomic E-state index is 12.8. The molecule has 0 fully saturated rings. The number of aromatic hydroxyl groups is 1. The average Bonchev–Trinajstić information content (AvgIpc) is 2.66. The highest BCUT2D eigenvalue weighted by molar-refractivity contribution is 7.90. The Balaban J connectivity index is 2.09. The number of sulfonamides is 1. The molecule has 0 atom stereocenters. The number of phenols is 1. The molecule has 5 nitrogen and oxygen atoms in total. The maximum atomic E-state index is 12.8. The van der Waals surface area contributed by atoms with Crippen molar-refractivity contribution in [3.05, 3.63) is 88.4 Å². The van der Waals surface area contributed by atoms with Crippen LogP contribution in [0.25, 0.3) is 0 Å². The molecule has 144 valence electrons. The van der Waals surface area contributed by atoms with E-state index in [1.807, 2.05) is 13.0 Å². The van der Waals surface area contributed by atoms with E-state index in [0.717, 1.165) is 5.56 Å². The molecule has 0 saturated heterocycles. The first-order chi connectivity index (χ1) is 13.3. The summed E-state index contributed by atoms with van der Waals surface area (Å²) in [4.78, 5) is 0.0470. The molecule has 2 N–H and O–H groups in total. The summed E-state index contributed by atoms with van der Waals surface area (Å²) < 4.78 is 29.7. The van der Waals surface area contributed by atoms with E-state index in [1.165, 1.54) is 24.3 Å². The van der Waals surface area contributed by atoms with E-state index in [4.69, 9.17) is 11.6 Å². The van der Waals surface area contributed by atoms with Crippen LogP contribution in [0.2, 0.25) is 5.02 Å². The minimum absolute atomic E-state index is 0.0470. The Morgan fingerprint density at radius 1 is 0.964 bits per heavy atom. The fourth-order valence-corrected chi connectivity index (χ4v) is 3.69. The van der Waals surface area contributed by atoms with Gasteiger partial charge in [-0.1, -0.05) is 41.9 Å². The number of hydrogen-bond acceptors (Lipinski definition) is 3. The number of hydrogen-bond donors (Lipinski definition) is 2. The predicted molar refractivity (Wildman–Crippen MR) is 113 cm³/mol. The summed E-state index contributed by atoms with van der Waals surface area (Å²) in [6.45, 7) is 3.58. The van der Waals surface area contributed by atoms with E-state index in [0.29, 0.717) is 21.8 Å². The molecule has 0 radical (unpaired) electrons. The Labute approximate surface area is 169 Å². The van der Waals surface area contributed by atoms with Gasteiger partial charge in [0.1, 0.15) is 5.75 Å². The summed E-state index contributed by atoms with van der Waals surface area (Å²) in [7, 11) is -3.96. The number of aryl methyl sites for hydroxylation is 2. The number of nitrogens with zero attached hydrogens (tertiary/aromatic N) is 1. The highest BCUT2D eigenvalue weighted by atomic mass is 35.5. The van der Waals surface area contributed by atoms with Crippen molar-refractivity contribution >= 4 is 33.1 Å². The molecular weight excluding hydrogens is 396 g/mol. The highest BCUT2D eigenvalue weighted by Gasteiger charge is 2.17. The lowest BCUT2D eigenvalue weighted by Gasteiger charge is -2.14. The van der Waals surface area contributed by atoms with Crippen LogP contribution in [0.4, 0.5) is 5.69 Å². The van der Waals surface area contributed by atoms with Gasteiger partial charge >= 0.3 is 0 Å². The smallest absolute Gasteiger partial charge is 0.284 e. The molecule has 0 spiro atoms. The van der Waals surface area contributed by atoms with Crippen molar-refractivity contribution in [3.8, 4) is 5.75 Å². The number of benzene rings is 3. The van der Waals surface area contributed by atoms with Gasteiger partial charge in [0.25, 0.3) is 10.0 Å². The Bertz CT molecular complexity index is 1130. The van der Waals surface area contributed by atoms with Crippen LogP contribution < -0.4 is 5.32 Å². The second kappa shape index (κ2) is 8.04. The van der Waals surface area contributed by atoms with Crippen molar-refractivity contribution < 1.29 is 13.5 Å². The molecule has 0 unspecified atom stereocenters. The molecule has 0 aliphatic rings.